The average molecular weight is 445 g/mol. The summed E-state index contributed by atoms with van der Waals surface area (Å²) in [7, 11) is 0. The monoisotopic (exact) mass is 444 g/mol. The van der Waals surface area contributed by atoms with Crippen molar-refractivity contribution in [2.45, 2.75) is 31.8 Å². The smallest absolute Gasteiger partial charge is 0.261 e. The van der Waals surface area contributed by atoms with E-state index < -0.39 is 5.60 Å². The summed E-state index contributed by atoms with van der Waals surface area (Å²) in [6.45, 7) is 4.16. The van der Waals surface area contributed by atoms with E-state index in [1.165, 1.54) is 17.8 Å². The van der Waals surface area contributed by atoms with E-state index in [0.717, 1.165) is 42.8 Å². The Kier molecular flexibility index (Phi) is 6.13. The molecule has 0 bridgehead atoms. The van der Waals surface area contributed by atoms with Gasteiger partial charge in [-0.15, -0.1) is 11.3 Å². The van der Waals surface area contributed by atoms with Crippen molar-refractivity contribution in [2.75, 3.05) is 19.6 Å². The molecule has 0 radical (unpaired) electrons. The van der Waals surface area contributed by atoms with Crippen LogP contribution in [0.25, 0.3) is 5.70 Å². The van der Waals surface area contributed by atoms with Crippen LogP contribution < -0.4 is 10.8 Å². The van der Waals surface area contributed by atoms with Crippen molar-refractivity contribution in [1.29, 1.82) is 5.41 Å². The third-order valence-corrected chi connectivity index (χ3v) is 6.61. The molecule has 0 saturated carbocycles. The number of hydroxylamine groups is 1. The molecule has 6 nitrogen and oxygen atoms in total. The Bertz CT molecular complexity index is 966. The van der Waals surface area contributed by atoms with Crippen molar-refractivity contribution < 1.29 is 9.63 Å². The van der Waals surface area contributed by atoms with Crippen LogP contribution in [-0.2, 0) is 4.84 Å². The molecule has 8 heteroatoms. The van der Waals surface area contributed by atoms with Crippen LogP contribution in [0.4, 0.5) is 0 Å². The number of likely N-dealkylation sites (tertiary alicyclic amines) is 1. The van der Waals surface area contributed by atoms with Gasteiger partial charge in [0, 0.05) is 18.7 Å². The van der Waals surface area contributed by atoms with Crippen molar-refractivity contribution in [3.8, 4) is 0 Å². The number of thiophene rings is 1. The van der Waals surface area contributed by atoms with Gasteiger partial charge in [0.25, 0.3) is 5.91 Å². The number of hydrogen-bond donors (Lipinski definition) is 3. The number of rotatable bonds is 5. The Morgan fingerprint density at radius 1 is 1.23 bits per heavy atom. The predicted molar refractivity (Wildman–Crippen MR) is 121 cm³/mol. The lowest BCUT2D eigenvalue weighted by Gasteiger charge is -2.29. The van der Waals surface area contributed by atoms with Gasteiger partial charge in [-0.1, -0.05) is 35.9 Å². The lowest BCUT2D eigenvalue weighted by atomic mass is 10.0. The summed E-state index contributed by atoms with van der Waals surface area (Å²) < 4.78 is 0.587. The predicted octanol–water partition coefficient (Wildman–Crippen LogP) is 4.28. The standard InChI is InChI=1S/C22H25ClN4O2S/c1-22(14-25-21(28)18-9-10-19(23)30-18)13-17(26-29-22)15-5-7-16(8-6-15)20(24)27-11-3-2-4-12-27/h5-10,13,24,26H,2-4,11-12,14H2,1H3,(H,25,28). The molecule has 1 aromatic carbocycles. The average Bonchev–Trinajstić information content (AvgIpc) is 3.39. The lowest BCUT2D eigenvalue weighted by molar-refractivity contribution is -0.0194. The van der Waals surface area contributed by atoms with Crippen LogP contribution in [0.5, 0.6) is 0 Å². The zero-order chi connectivity index (χ0) is 21.1. The Morgan fingerprint density at radius 2 is 1.97 bits per heavy atom. The third-order valence-electron chi connectivity index (χ3n) is 5.38. The quantitative estimate of drug-likeness (QED) is 0.475. The number of carbonyl (C=O) groups excluding carboxylic acids is 1. The van der Waals surface area contributed by atoms with Crippen molar-refractivity contribution in [3.05, 3.63) is 62.8 Å². The van der Waals surface area contributed by atoms with Gasteiger partial charge < -0.3 is 10.2 Å². The largest absolute Gasteiger partial charge is 0.357 e. The van der Waals surface area contributed by atoms with Gasteiger partial charge in [0.05, 0.1) is 21.5 Å². The molecule has 1 saturated heterocycles. The van der Waals surface area contributed by atoms with E-state index in [2.05, 4.69) is 15.7 Å². The minimum Gasteiger partial charge on any atom is -0.357 e. The summed E-state index contributed by atoms with van der Waals surface area (Å²) in [4.78, 5) is 20.7. The van der Waals surface area contributed by atoms with Gasteiger partial charge in [0.2, 0.25) is 0 Å². The molecule has 4 rings (SSSR count). The lowest BCUT2D eigenvalue weighted by Crippen LogP contribution is -2.40. The van der Waals surface area contributed by atoms with Gasteiger partial charge in [-0.25, -0.2) is 0 Å². The van der Waals surface area contributed by atoms with E-state index in [4.69, 9.17) is 21.8 Å². The fourth-order valence-electron chi connectivity index (χ4n) is 3.65. The highest BCUT2D eigenvalue weighted by Crippen LogP contribution is 2.27. The number of piperidine rings is 1. The number of amides is 1. The molecular weight excluding hydrogens is 420 g/mol. The highest BCUT2D eigenvalue weighted by molar-refractivity contribution is 7.18. The maximum Gasteiger partial charge on any atom is 0.261 e. The van der Waals surface area contributed by atoms with Gasteiger partial charge in [-0.2, -0.15) is 0 Å². The molecule has 1 fully saturated rings. The fourth-order valence-corrected chi connectivity index (χ4v) is 4.61. The molecule has 1 unspecified atom stereocenters. The Hall–Kier alpha value is -2.35. The number of benzene rings is 1. The third kappa shape index (κ3) is 4.69. The summed E-state index contributed by atoms with van der Waals surface area (Å²) in [6.07, 6.45) is 5.54. The van der Waals surface area contributed by atoms with Gasteiger partial charge in [0.1, 0.15) is 11.4 Å². The molecule has 1 atom stereocenters. The van der Waals surface area contributed by atoms with Gasteiger partial charge in [-0.05, 0) is 50.0 Å². The van der Waals surface area contributed by atoms with E-state index >= 15 is 0 Å². The topological polar surface area (TPSA) is 77.5 Å². The molecule has 0 aliphatic carbocycles. The summed E-state index contributed by atoms with van der Waals surface area (Å²) in [6, 6.07) is 11.4. The maximum atomic E-state index is 12.3. The molecule has 2 aromatic rings. The number of halogens is 1. The Morgan fingerprint density at radius 3 is 2.63 bits per heavy atom. The molecule has 3 heterocycles. The van der Waals surface area contributed by atoms with E-state index in [9.17, 15) is 4.79 Å². The second-order valence-corrected chi connectivity index (χ2v) is 9.55. The first-order chi connectivity index (χ1) is 14.4. The molecule has 2 aliphatic heterocycles. The van der Waals surface area contributed by atoms with Crippen molar-refractivity contribution in [1.82, 2.24) is 15.7 Å². The van der Waals surface area contributed by atoms with E-state index in [1.807, 2.05) is 37.3 Å². The summed E-state index contributed by atoms with van der Waals surface area (Å²) in [5, 5.41) is 11.4. The van der Waals surface area contributed by atoms with E-state index in [-0.39, 0.29) is 5.91 Å². The molecule has 1 amide bonds. The van der Waals surface area contributed by atoms with Crippen molar-refractivity contribution in [2.24, 2.45) is 0 Å². The van der Waals surface area contributed by atoms with Crippen LogP contribution in [0.2, 0.25) is 4.34 Å². The first-order valence-electron chi connectivity index (χ1n) is 10.1. The molecular formula is C22H25ClN4O2S. The van der Waals surface area contributed by atoms with Crippen LogP contribution >= 0.6 is 22.9 Å². The van der Waals surface area contributed by atoms with Gasteiger partial charge >= 0.3 is 0 Å². The minimum absolute atomic E-state index is 0.167. The summed E-state index contributed by atoms with van der Waals surface area (Å²) in [5.41, 5.74) is 5.06. The molecule has 0 spiro atoms. The second kappa shape index (κ2) is 8.79. The molecule has 3 N–H and O–H groups in total. The van der Waals surface area contributed by atoms with Crippen LogP contribution in [0.1, 0.15) is 47.0 Å². The van der Waals surface area contributed by atoms with Gasteiger partial charge in [-0.3, -0.25) is 20.5 Å². The highest BCUT2D eigenvalue weighted by Gasteiger charge is 2.31. The number of carbonyl (C=O) groups is 1. The Labute approximate surface area is 185 Å². The van der Waals surface area contributed by atoms with Crippen LogP contribution in [0.15, 0.2) is 42.5 Å². The molecule has 30 heavy (non-hydrogen) atoms. The first kappa shape index (κ1) is 20.9. The Balaban J connectivity index is 1.38. The van der Waals surface area contributed by atoms with Crippen LogP contribution in [-0.4, -0.2) is 41.9 Å². The zero-order valence-electron chi connectivity index (χ0n) is 16.8. The van der Waals surface area contributed by atoms with E-state index in [0.29, 0.717) is 21.6 Å². The van der Waals surface area contributed by atoms with Gasteiger partial charge in [0.15, 0.2) is 0 Å². The second-order valence-electron chi connectivity index (χ2n) is 7.83. The zero-order valence-corrected chi connectivity index (χ0v) is 18.4. The van der Waals surface area contributed by atoms with Crippen LogP contribution in [0, 0.1) is 5.41 Å². The maximum absolute atomic E-state index is 12.3. The number of nitrogens with zero attached hydrogens (tertiary/aromatic N) is 1. The molecule has 1 aromatic heterocycles. The van der Waals surface area contributed by atoms with Crippen molar-refractivity contribution >= 4 is 40.4 Å². The number of nitrogens with one attached hydrogen (secondary N) is 3. The summed E-state index contributed by atoms with van der Waals surface area (Å²) in [5.74, 6) is 0.422. The fraction of sp³-hybridized carbons (Fsp3) is 0.364. The van der Waals surface area contributed by atoms with Crippen molar-refractivity contribution in [3.63, 3.8) is 0 Å². The normalized spacial score (nSPS) is 21.1. The number of hydrogen-bond acceptors (Lipinski definition) is 5. The SMILES string of the molecule is CC1(CNC(=O)c2ccc(Cl)s2)C=C(c2ccc(C(=N)N3CCCCC3)cc2)NO1. The highest BCUT2D eigenvalue weighted by atomic mass is 35.5. The molecule has 158 valence electrons. The summed E-state index contributed by atoms with van der Waals surface area (Å²) >= 11 is 7.15. The van der Waals surface area contributed by atoms with E-state index in [1.54, 1.807) is 12.1 Å². The minimum atomic E-state index is -0.661. The first-order valence-corrected chi connectivity index (χ1v) is 11.3. The number of amidine groups is 1. The molecule has 2 aliphatic rings. The van der Waals surface area contributed by atoms with Crippen LogP contribution in [0.3, 0.4) is 0 Å².